The molecule has 2 fully saturated rings. The maximum Gasteiger partial charge on any atom is 0.277 e. The van der Waals surface area contributed by atoms with Gasteiger partial charge in [-0.25, -0.2) is 0 Å². The number of thioether (sulfide) groups is 1. The van der Waals surface area contributed by atoms with Crippen molar-refractivity contribution < 1.29 is 19.1 Å². The second-order valence-corrected chi connectivity index (χ2v) is 8.67. The minimum absolute atomic E-state index is 0.0346. The fourth-order valence-electron chi connectivity index (χ4n) is 3.55. The first kappa shape index (κ1) is 19.6. The summed E-state index contributed by atoms with van der Waals surface area (Å²) >= 11 is 1.26. The van der Waals surface area contributed by atoms with E-state index in [-0.39, 0.29) is 17.1 Å². The monoisotopic (exact) mass is 384 g/mol. The molecule has 0 saturated carbocycles. The Morgan fingerprint density at radius 2 is 2.00 bits per heavy atom. The van der Waals surface area contributed by atoms with Gasteiger partial charge in [0, 0.05) is 45.1 Å². The summed E-state index contributed by atoms with van der Waals surface area (Å²) < 4.78 is 10.7. The second-order valence-electron chi connectivity index (χ2n) is 7.74. The van der Waals surface area contributed by atoms with E-state index in [1.54, 1.807) is 6.92 Å². The van der Waals surface area contributed by atoms with Crippen molar-refractivity contribution in [3.8, 4) is 0 Å². The molecule has 1 aromatic rings. The Morgan fingerprint density at radius 1 is 1.27 bits per heavy atom. The highest BCUT2D eigenvalue weighted by atomic mass is 32.2. The standard InChI is InChI=1S/C17H28N4O4S/c1-13-18-19-15(25-13)26-10-14(22)21-5-4-17(23,16(2,3)11-21)12-20-6-8-24-9-7-20/h23H,4-12H2,1-3H3/t17-/m0/s1. The molecule has 3 heterocycles. The smallest absolute Gasteiger partial charge is 0.277 e. The van der Waals surface area contributed by atoms with Crippen LogP contribution in [0.4, 0.5) is 0 Å². The topological polar surface area (TPSA) is 91.9 Å². The number of hydrogen-bond donors (Lipinski definition) is 1. The van der Waals surface area contributed by atoms with Crippen LogP contribution in [-0.4, -0.2) is 88.3 Å². The largest absolute Gasteiger partial charge is 0.416 e. The van der Waals surface area contributed by atoms with E-state index in [1.165, 1.54) is 11.8 Å². The summed E-state index contributed by atoms with van der Waals surface area (Å²) in [5, 5.41) is 19.4. The van der Waals surface area contributed by atoms with Gasteiger partial charge in [0.25, 0.3) is 5.22 Å². The molecule has 2 aliphatic rings. The molecule has 0 aliphatic carbocycles. The number of β-amino-alcohol motifs (C(OH)–C–C–N with tert-alkyl or cyclic N) is 1. The third-order valence-corrected chi connectivity index (χ3v) is 6.21. The molecule has 1 aromatic heterocycles. The molecule has 1 amide bonds. The quantitative estimate of drug-likeness (QED) is 0.745. The predicted octanol–water partition coefficient (Wildman–Crippen LogP) is 0.792. The van der Waals surface area contributed by atoms with Crippen LogP contribution in [0.1, 0.15) is 26.2 Å². The molecule has 8 nitrogen and oxygen atoms in total. The number of hydrogen-bond acceptors (Lipinski definition) is 8. The molecule has 1 N–H and O–H groups in total. The van der Waals surface area contributed by atoms with Gasteiger partial charge in [0.15, 0.2) is 0 Å². The molecule has 3 rings (SSSR count). The van der Waals surface area contributed by atoms with Crippen LogP contribution in [0.5, 0.6) is 0 Å². The molecule has 0 radical (unpaired) electrons. The molecule has 1 atom stereocenters. The highest BCUT2D eigenvalue weighted by molar-refractivity contribution is 7.99. The summed E-state index contributed by atoms with van der Waals surface area (Å²) in [5.74, 6) is 0.791. The fraction of sp³-hybridized carbons (Fsp3) is 0.824. The van der Waals surface area contributed by atoms with Gasteiger partial charge >= 0.3 is 0 Å². The van der Waals surface area contributed by atoms with Gasteiger partial charge in [-0.1, -0.05) is 25.6 Å². The number of aliphatic hydroxyl groups is 1. The van der Waals surface area contributed by atoms with E-state index in [2.05, 4.69) is 15.1 Å². The van der Waals surface area contributed by atoms with E-state index in [0.29, 0.717) is 50.4 Å². The number of carbonyl (C=O) groups is 1. The summed E-state index contributed by atoms with van der Waals surface area (Å²) in [5.41, 5.74) is -1.19. The Bertz CT molecular complexity index is 632. The molecule has 26 heavy (non-hydrogen) atoms. The second kappa shape index (κ2) is 7.84. The van der Waals surface area contributed by atoms with E-state index in [1.807, 2.05) is 18.7 Å². The minimum Gasteiger partial charge on any atom is -0.416 e. The van der Waals surface area contributed by atoms with Gasteiger partial charge in [0.05, 0.1) is 24.6 Å². The van der Waals surface area contributed by atoms with Crippen molar-refractivity contribution in [3.05, 3.63) is 5.89 Å². The Morgan fingerprint density at radius 3 is 2.62 bits per heavy atom. The number of aryl methyl sites for hydroxylation is 1. The number of carbonyl (C=O) groups excluding carboxylic acids is 1. The van der Waals surface area contributed by atoms with Gasteiger partial charge in [-0.15, -0.1) is 10.2 Å². The highest BCUT2D eigenvalue weighted by Gasteiger charge is 2.49. The van der Waals surface area contributed by atoms with Crippen LogP contribution in [-0.2, 0) is 9.53 Å². The number of nitrogens with zero attached hydrogens (tertiary/aromatic N) is 4. The van der Waals surface area contributed by atoms with Crippen molar-refractivity contribution in [2.75, 3.05) is 51.7 Å². The normalized spacial score (nSPS) is 26.8. The third kappa shape index (κ3) is 4.39. The SMILES string of the molecule is Cc1nnc(SCC(=O)N2CC[C@](O)(CN3CCOCC3)C(C)(C)C2)o1. The molecule has 2 saturated heterocycles. The average molecular weight is 385 g/mol. The number of likely N-dealkylation sites (tertiary alicyclic amines) is 1. The van der Waals surface area contributed by atoms with E-state index >= 15 is 0 Å². The van der Waals surface area contributed by atoms with Crippen molar-refractivity contribution in [3.63, 3.8) is 0 Å². The lowest BCUT2D eigenvalue weighted by atomic mass is 9.69. The summed E-state index contributed by atoms with van der Waals surface area (Å²) in [6, 6.07) is 0. The number of ether oxygens (including phenoxy) is 1. The molecule has 0 spiro atoms. The Balaban J connectivity index is 1.55. The molecule has 0 bridgehead atoms. The Hall–Kier alpha value is -1.16. The number of morpholine rings is 1. The summed E-state index contributed by atoms with van der Waals surface area (Å²) in [6.07, 6.45) is 0.577. The average Bonchev–Trinajstić information content (AvgIpc) is 3.01. The van der Waals surface area contributed by atoms with E-state index < -0.39 is 5.60 Å². The lowest BCUT2D eigenvalue weighted by molar-refractivity contribution is -0.155. The first-order valence-corrected chi connectivity index (χ1v) is 10.0. The molecule has 0 unspecified atom stereocenters. The van der Waals surface area contributed by atoms with Crippen molar-refractivity contribution in [1.82, 2.24) is 20.0 Å². The van der Waals surface area contributed by atoms with Crippen LogP contribution in [0.25, 0.3) is 0 Å². The predicted molar refractivity (Wildman–Crippen MR) is 96.9 cm³/mol. The molecule has 2 aliphatic heterocycles. The van der Waals surface area contributed by atoms with Crippen LogP contribution < -0.4 is 0 Å². The Kier molecular flexibility index (Phi) is 5.91. The summed E-state index contributed by atoms with van der Waals surface area (Å²) in [7, 11) is 0. The summed E-state index contributed by atoms with van der Waals surface area (Å²) in [4.78, 5) is 16.7. The van der Waals surface area contributed by atoms with Gasteiger partial charge in [-0.2, -0.15) is 0 Å². The maximum atomic E-state index is 12.6. The maximum absolute atomic E-state index is 12.6. The molecule has 9 heteroatoms. The van der Waals surface area contributed by atoms with Crippen molar-refractivity contribution in [2.45, 2.75) is 38.0 Å². The van der Waals surface area contributed by atoms with E-state index in [4.69, 9.17) is 9.15 Å². The van der Waals surface area contributed by atoms with Gasteiger partial charge in [0.2, 0.25) is 11.8 Å². The van der Waals surface area contributed by atoms with Crippen LogP contribution >= 0.6 is 11.8 Å². The van der Waals surface area contributed by atoms with Crippen LogP contribution in [0.15, 0.2) is 9.64 Å². The van der Waals surface area contributed by atoms with E-state index in [0.717, 1.165) is 13.1 Å². The van der Waals surface area contributed by atoms with Gasteiger partial charge < -0.3 is 19.2 Å². The lowest BCUT2D eigenvalue weighted by Crippen LogP contribution is -2.63. The van der Waals surface area contributed by atoms with Crippen molar-refractivity contribution >= 4 is 17.7 Å². The minimum atomic E-state index is -0.808. The van der Waals surface area contributed by atoms with E-state index in [9.17, 15) is 9.90 Å². The van der Waals surface area contributed by atoms with Crippen LogP contribution in [0.3, 0.4) is 0 Å². The van der Waals surface area contributed by atoms with Crippen molar-refractivity contribution in [1.29, 1.82) is 0 Å². The number of piperidine rings is 1. The van der Waals surface area contributed by atoms with Crippen molar-refractivity contribution in [2.24, 2.45) is 5.41 Å². The molecule has 0 aromatic carbocycles. The molecular formula is C17H28N4O4S. The fourth-order valence-corrected chi connectivity index (χ4v) is 4.26. The van der Waals surface area contributed by atoms with Gasteiger partial charge in [-0.3, -0.25) is 9.69 Å². The summed E-state index contributed by atoms with van der Waals surface area (Å²) in [6.45, 7) is 10.7. The highest BCUT2D eigenvalue weighted by Crippen LogP contribution is 2.39. The van der Waals surface area contributed by atoms with Gasteiger partial charge in [0.1, 0.15) is 0 Å². The van der Waals surface area contributed by atoms with Gasteiger partial charge in [-0.05, 0) is 6.42 Å². The van der Waals surface area contributed by atoms with Crippen LogP contribution in [0.2, 0.25) is 0 Å². The lowest BCUT2D eigenvalue weighted by Gasteiger charge is -2.52. The zero-order valence-electron chi connectivity index (χ0n) is 15.7. The zero-order valence-corrected chi connectivity index (χ0v) is 16.5. The third-order valence-electron chi connectivity index (χ3n) is 5.41. The van der Waals surface area contributed by atoms with Crippen LogP contribution in [0, 0.1) is 12.3 Å². The number of amides is 1. The zero-order chi connectivity index (χ0) is 18.8. The molecular weight excluding hydrogens is 356 g/mol. The number of rotatable bonds is 5. The first-order valence-electron chi connectivity index (χ1n) is 9.02. The molecule has 146 valence electrons. The first-order chi connectivity index (χ1) is 12.3. The Labute approximate surface area is 158 Å². The number of aromatic nitrogens is 2.